The quantitative estimate of drug-likeness (QED) is 0.648. The minimum atomic E-state index is -3.71. The van der Waals surface area contributed by atoms with E-state index in [-0.39, 0.29) is 29.6 Å². The van der Waals surface area contributed by atoms with E-state index in [4.69, 9.17) is 14.2 Å². The summed E-state index contributed by atoms with van der Waals surface area (Å²) < 4.78 is 43.9. The second-order valence-corrected chi connectivity index (χ2v) is 9.57. The molecule has 2 aromatic carbocycles. The first-order valence-electron chi connectivity index (χ1n) is 10.6. The van der Waals surface area contributed by atoms with Crippen molar-refractivity contribution in [1.82, 2.24) is 4.31 Å². The second-order valence-electron chi connectivity index (χ2n) is 7.63. The van der Waals surface area contributed by atoms with Crippen molar-refractivity contribution in [2.24, 2.45) is 0 Å². The fraction of sp³-hybridized carbons (Fsp3) is 0.435. The molecule has 0 spiro atoms. The zero-order valence-corrected chi connectivity index (χ0v) is 19.7. The Labute approximate surface area is 189 Å². The minimum Gasteiger partial charge on any atom is -0.495 e. The van der Waals surface area contributed by atoms with Gasteiger partial charge in [-0.25, -0.2) is 8.42 Å². The van der Waals surface area contributed by atoms with E-state index in [1.54, 1.807) is 0 Å². The van der Waals surface area contributed by atoms with Crippen molar-refractivity contribution in [2.45, 2.75) is 38.2 Å². The van der Waals surface area contributed by atoms with E-state index >= 15 is 0 Å². The van der Waals surface area contributed by atoms with Crippen molar-refractivity contribution in [2.75, 3.05) is 38.7 Å². The Morgan fingerprint density at radius 3 is 2.47 bits per heavy atom. The molecule has 8 nitrogen and oxygen atoms in total. The number of carbonyl (C=O) groups excluding carboxylic acids is 1. The molecule has 1 saturated heterocycles. The van der Waals surface area contributed by atoms with Crippen LogP contribution in [0.5, 0.6) is 11.5 Å². The largest absolute Gasteiger partial charge is 0.495 e. The van der Waals surface area contributed by atoms with Crippen LogP contribution in [0.2, 0.25) is 0 Å². The van der Waals surface area contributed by atoms with Crippen molar-refractivity contribution in [1.29, 1.82) is 0 Å². The van der Waals surface area contributed by atoms with E-state index in [9.17, 15) is 13.2 Å². The van der Waals surface area contributed by atoms with E-state index in [0.717, 1.165) is 11.1 Å². The summed E-state index contributed by atoms with van der Waals surface area (Å²) in [5.41, 5.74) is 2.48. The van der Waals surface area contributed by atoms with Gasteiger partial charge in [-0.3, -0.25) is 4.79 Å². The standard InChI is InChI=1S/C23H30N2O6S/c1-5-21(31-18-7-6-16(2)17(3)14-18)23(26)24-20-15-19(8-9-22(20)29-4)32(27,28)25-10-12-30-13-11-25/h6-9,14-15,21H,5,10-13H2,1-4H3,(H,24,26)/t21-/m1/s1. The Balaban J connectivity index is 1.81. The molecule has 32 heavy (non-hydrogen) atoms. The van der Waals surface area contributed by atoms with Gasteiger partial charge in [0.2, 0.25) is 10.0 Å². The van der Waals surface area contributed by atoms with Gasteiger partial charge in [-0.2, -0.15) is 4.31 Å². The summed E-state index contributed by atoms with van der Waals surface area (Å²) in [4.78, 5) is 13.0. The van der Waals surface area contributed by atoms with Crippen LogP contribution in [-0.4, -0.2) is 58.1 Å². The minimum absolute atomic E-state index is 0.0821. The van der Waals surface area contributed by atoms with Gasteiger partial charge in [0.05, 0.1) is 30.9 Å². The Kier molecular flexibility index (Phi) is 7.76. The Bertz CT molecular complexity index is 1060. The smallest absolute Gasteiger partial charge is 0.265 e. The van der Waals surface area contributed by atoms with Crippen molar-refractivity contribution >= 4 is 21.6 Å². The predicted molar refractivity (Wildman–Crippen MR) is 122 cm³/mol. The molecule has 3 rings (SSSR count). The first kappa shape index (κ1) is 24.0. The van der Waals surface area contributed by atoms with Crippen molar-refractivity contribution in [3.05, 3.63) is 47.5 Å². The van der Waals surface area contributed by atoms with Gasteiger partial charge in [-0.1, -0.05) is 13.0 Å². The van der Waals surface area contributed by atoms with Crippen LogP contribution in [0.15, 0.2) is 41.3 Å². The topological polar surface area (TPSA) is 94.2 Å². The number of benzene rings is 2. The van der Waals surface area contributed by atoms with Crippen LogP contribution in [-0.2, 0) is 19.6 Å². The molecule has 1 aliphatic heterocycles. The third kappa shape index (κ3) is 5.40. The Morgan fingerprint density at radius 1 is 1.12 bits per heavy atom. The first-order chi connectivity index (χ1) is 15.3. The molecule has 1 aliphatic rings. The average molecular weight is 463 g/mol. The fourth-order valence-corrected chi connectivity index (χ4v) is 4.80. The van der Waals surface area contributed by atoms with Crippen LogP contribution in [0.4, 0.5) is 5.69 Å². The number of methoxy groups -OCH3 is 1. The predicted octanol–water partition coefficient (Wildman–Crippen LogP) is 3.13. The molecule has 2 aromatic rings. The van der Waals surface area contributed by atoms with Crippen LogP contribution in [0, 0.1) is 13.8 Å². The molecule has 0 aromatic heterocycles. The molecule has 174 valence electrons. The highest BCUT2D eigenvalue weighted by Crippen LogP contribution is 2.30. The molecule has 0 bridgehead atoms. The van der Waals surface area contributed by atoms with E-state index in [1.165, 1.54) is 29.6 Å². The molecule has 1 fully saturated rings. The lowest BCUT2D eigenvalue weighted by molar-refractivity contribution is -0.122. The van der Waals surface area contributed by atoms with Gasteiger partial charge >= 0.3 is 0 Å². The third-order valence-corrected chi connectivity index (χ3v) is 7.35. The van der Waals surface area contributed by atoms with Gasteiger partial charge in [0, 0.05) is 13.1 Å². The number of hydrogen-bond acceptors (Lipinski definition) is 6. The van der Waals surface area contributed by atoms with Crippen LogP contribution in [0.25, 0.3) is 0 Å². The molecular weight excluding hydrogens is 432 g/mol. The van der Waals surface area contributed by atoms with Gasteiger partial charge in [0.15, 0.2) is 6.10 Å². The van der Waals surface area contributed by atoms with Crippen molar-refractivity contribution < 1.29 is 27.4 Å². The summed E-state index contributed by atoms with van der Waals surface area (Å²) in [6, 6.07) is 10.1. The highest BCUT2D eigenvalue weighted by atomic mass is 32.2. The number of morpholine rings is 1. The maximum atomic E-state index is 13.0. The molecule has 0 saturated carbocycles. The normalized spacial score (nSPS) is 15.8. The number of hydrogen-bond donors (Lipinski definition) is 1. The molecule has 1 amide bonds. The Morgan fingerprint density at radius 2 is 1.84 bits per heavy atom. The summed E-state index contributed by atoms with van der Waals surface area (Å²) in [5.74, 6) is 0.580. The summed E-state index contributed by atoms with van der Waals surface area (Å²) in [6.45, 7) is 7.12. The van der Waals surface area contributed by atoms with Gasteiger partial charge in [-0.05, 0) is 61.7 Å². The van der Waals surface area contributed by atoms with Gasteiger partial charge in [-0.15, -0.1) is 0 Å². The highest BCUT2D eigenvalue weighted by Gasteiger charge is 2.28. The molecular formula is C23H30N2O6S. The number of nitrogens with one attached hydrogen (secondary N) is 1. The molecule has 9 heteroatoms. The van der Waals surface area contributed by atoms with Crippen molar-refractivity contribution in [3.8, 4) is 11.5 Å². The van der Waals surface area contributed by atoms with Crippen LogP contribution >= 0.6 is 0 Å². The maximum Gasteiger partial charge on any atom is 0.265 e. The lowest BCUT2D eigenvalue weighted by Crippen LogP contribution is -2.40. The molecule has 0 unspecified atom stereocenters. The van der Waals surface area contributed by atoms with Gasteiger partial charge in [0.25, 0.3) is 5.91 Å². The number of amides is 1. The number of anilines is 1. The second kappa shape index (κ2) is 10.3. The summed E-state index contributed by atoms with van der Waals surface area (Å²) >= 11 is 0. The zero-order chi connectivity index (χ0) is 23.3. The van der Waals surface area contributed by atoms with E-state index in [1.807, 2.05) is 39.0 Å². The molecule has 0 aliphatic carbocycles. The lowest BCUT2D eigenvalue weighted by Gasteiger charge is -2.26. The summed E-state index contributed by atoms with van der Waals surface area (Å²) in [6.07, 6.45) is -0.311. The zero-order valence-electron chi connectivity index (χ0n) is 18.9. The molecule has 0 radical (unpaired) electrons. The lowest BCUT2D eigenvalue weighted by atomic mass is 10.1. The van der Waals surface area contributed by atoms with Crippen molar-refractivity contribution in [3.63, 3.8) is 0 Å². The summed E-state index contributed by atoms with van der Waals surface area (Å²) in [5, 5.41) is 2.78. The maximum absolute atomic E-state index is 13.0. The monoisotopic (exact) mass is 462 g/mol. The number of aryl methyl sites for hydroxylation is 2. The number of carbonyl (C=O) groups is 1. The fourth-order valence-electron chi connectivity index (χ4n) is 3.37. The van der Waals surface area contributed by atoms with E-state index in [2.05, 4.69) is 5.32 Å². The first-order valence-corrected chi connectivity index (χ1v) is 12.0. The van der Waals surface area contributed by atoms with Crippen LogP contribution < -0.4 is 14.8 Å². The van der Waals surface area contributed by atoms with Crippen LogP contribution in [0.3, 0.4) is 0 Å². The number of ether oxygens (including phenoxy) is 3. The van der Waals surface area contributed by atoms with Crippen LogP contribution in [0.1, 0.15) is 24.5 Å². The SMILES string of the molecule is CC[C@@H](Oc1ccc(C)c(C)c1)C(=O)Nc1cc(S(=O)(=O)N2CCOCC2)ccc1OC. The molecule has 1 atom stereocenters. The highest BCUT2D eigenvalue weighted by molar-refractivity contribution is 7.89. The molecule has 1 N–H and O–H groups in total. The number of rotatable bonds is 8. The van der Waals surface area contributed by atoms with Gasteiger partial charge in [0.1, 0.15) is 11.5 Å². The number of nitrogens with zero attached hydrogens (tertiary/aromatic N) is 1. The van der Waals surface area contributed by atoms with E-state index < -0.39 is 16.1 Å². The van der Waals surface area contributed by atoms with Gasteiger partial charge < -0.3 is 19.5 Å². The molecule has 1 heterocycles. The average Bonchev–Trinajstić information content (AvgIpc) is 2.80. The third-order valence-electron chi connectivity index (χ3n) is 5.46. The number of sulfonamides is 1. The Hall–Kier alpha value is -2.62. The summed E-state index contributed by atoms with van der Waals surface area (Å²) in [7, 11) is -2.25. The van der Waals surface area contributed by atoms with E-state index in [0.29, 0.717) is 31.1 Å².